The second kappa shape index (κ2) is 4.88. The van der Waals surface area contributed by atoms with Gasteiger partial charge in [-0.1, -0.05) is 22.0 Å². The van der Waals surface area contributed by atoms with Crippen molar-refractivity contribution in [3.8, 4) is 5.75 Å². The number of nitrogens with zero attached hydrogens (tertiary/aromatic N) is 1. The van der Waals surface area contributed by atoms with Gasteiger partial charge in [0, 0.05) is 10.9 Å². The third kappa shape index (κ3) is 2.74. The van der Waals surface area contributed by atoms with E-state index in [4.69, 9.17) is 11.3 Å². The van der Waals surface area contributed by atoms with Crippen LogP contribution in [-0.4, -0.2) is 13.7 Å². The number of halogens is 1. The van der Waals surface area contributed by atoms with Crippen LogP contribution in [0.1, 0.15) is 5.56 Å². The van der Waals surface area contributed by atoms with E-state index in [1.165, 1.54) is 0 Å². The Kier molecular flexibility index (Phi) is 3.78. The Labute approximate surface area is 86.5 Å². The van der Waals surface area contributed by atoms with Crippen LogP contribution >= 0.6 is 15.9 Å². The molecule has 0 unspecified atom stereocenters. The van der Waals surface area contributed by atoms with E-state index in [9.17, 15) is 0 Å². The average Bonchev–Trinajstić information content (AvgIpc) is 2.16. The van der Waals surface area contributed by atoms with Gasteiger partial charge in [-0.2, -0.15) is 0 Å². The maximum absolute atomic E-state index is 6.69. The Morgan fingerprint density at radius 3 is 2.85 bits per heavy atom. The summed E-state index contributed by atoms with van der Waals surface area (Å²) < 4.78 is 6.07. The van der Waals surface area contributed by atoms with Crippen molar-refractivity contribution in [2.45, 2.75) is 6.42 Å². The quantitative estimate of drug-likeness (QED) is 0.740. The first-order valence-electron chi connectivity index (χ1n) is 3.93. The molecule has 0 atom stereocenters. The Morgan fingerprint density at radius 1 is 1.54 bits per heavy atom. The molecule has 0 amide bonds. The molecular formula is C10H10BrNO. The van der Waals surface area contributed by atoms with Gasteiger partial charge >= 0.3 is 0 Å². The van der Waals surface area contributed by atoms with E-state index in [0.29, 0.717) is 6.54 Å². The minimum absolute atomic E-state index is 0.533. The van der Waals surface area contributed by atoms with E-state index in [1.807, 2.05) is 18.2 Å². The lowest BCUT2D eigenvalue weighted by molar-refractivity contribution is 0.414. The van der Waals surface area contributed by atoms with E-state index in [2.05, 4.69) is 20.8 Å². The number of rotatable bonds is 3. The van der Waals surface area contributed by atoms with Crippen LogP contribution < -0.4 is 4.74 Å². The highest BCUT2D eigenvalue weighted by atomic mass is 79.9. The van der Waals surface area contributed by atoms with Crippen molar-refractivity contribution in [2.75, 3.05) is 13.7 Å². The molecule has 1 aromatic rings. The molecule has 0 radical (unpaired) electrons. The van der Waals surface area contributed by atoms with Crippen molar-refractivity contribution >= 4 is 15.9 Å². The van der Waals surface area contributed by atoms with Crippen molar-refractivity contribution in [1.29, 1.82) is 0 Å². The fourth-order valence-electron chi connectivity index (χ4n) is 1.03. The molecule has 0 fully saturated rings. The number of ether oxygens (including phenoxy) is 1. The summed E-state index contributed by atoms with van der Waals surface area (Å²) in [6, 6.07) is 5.80. The second-order valence-electron chi connectivity index (χ2n) is 2.59. The van der Waals surface area contributed by atoms with Crippen LogP contribution in [-0.2, 0) is 6.42 Å². The zero-order valence-electron chi connectivity index (χ0n) is 7.38. The van der Waals surface area contributed by atoms with Gasteiger partial charge in [0.2, 0.25) is 6.54 Å². The van der Waals surface area contributed by atoms with Crippen LogP contribution in [0.5, 0.6) is 5.75 Å². The number of hydrogen-bond donors (Lipinski definition) is 0. The first-order chi connectivity index (χ1) is 6.27. The Bertz CT molecular complexity index is 330. The highest BCUT2D eigenvalue weighted by molar-refractivity contribution is 9.10. The Morgan fingerprint density at radius 2 is 2.31 bits per heavy atom. The van der Waals surface area contributed by atoms with Gasteiger partial charge in [-0.15, -0.1) is 0 Å². The number of methoxy groups -OCH3 is 1. The van der Waals surface area contributed by atoms with E-state index in [0.717, 1.165) is 22.2 Å². The largest absolute Gasteiger partial charge is 0.497 e. The van der Waals surface area contributed by atoms with Crippen LogP contribution in [0.4, 0.5) is 0 Å². The topological polar surface area (TPSA) is 13.6 Å². The van der Waals surface area contributed by atoms with E-state index in [1.54, 1.807) is 7.11 Å². The molecule has 1 rings (SSSR count). The van der Waals surface area contributed by atoms with Crippen LogP contribution in [0.15, 0.2) is 22.7 Å². The molecule has 1 aromatic carbocycles. The fourth-order valence-corrected chi connectivity index (χ4v) is 1.59. The molecule has 0 bridgehead atoms. The van der Waals surface area contributed by atoms with Crippen LogP contribution in [0.2, 0.25) is 0 Å². The van der Waals surface area contributed by atoms with Crippen LogP contribution in [0.3, 0.4) is 0 Å². The zero-order valence-corrected chi connectivity index (χ0v) is 8.97. The lowest BCUT2D eigenvalue weighted by Crippen LogP contribution is -1.90. The third-order valence-corrected chi connectivity index (χ3v) is 2.49. The predicted molar refractivity (Wildman–Crippen MR) is 55.9 cm³/mol. The molecule has 0 aliphatic carbocycles. The van der Waals surface area contributed by atoms with Crippen molar-refractivity contribution in [2.24, 2.45) is 0 Å². The van der Waals surface area contributed by atoms with Crippen molar-refractivity contribution in [1.82, 2.24) is 0 Å². The van der Waals surface area contributed by atoms with Gasteiger partial charge < -0.3 is 9.58 Å². The fraction of sp³-hybridized carbons (Fsp3) is 0.300. The molecule has 2 nitrogen and oxygen atoms in total. The molecule has 0 saturated heterocycles. The minimum Gasteiger partial charge on any atom is -0.497 e. The van der Waals surface area contributed by atoms with Gasteiger partial charge in [0.15, 0.2) is 0 Å². The summed E-state index contributed by atoms with van der Waals surface area (Å²) in [5.41, 5.74) is 1.15. The molecule has 0 N–H and O–H groups in total. The predicted octanol–water partition coefficient (Wildman–Crippen LogP) is 2.92. The molecule has 0 spiro atoms. The van der Waals surface area contributed by atoms with E-state index < -0.39 is 0 Å². The van der Waals surface area contributed by atoms with Gasteiger partial charge in [0.05, 0.1) is 7.11 Å². The molecule has 0 aliphatic heterocycles. The maximum atomic E-state index is 6.69. The average molecular weight is 240 g/mol. The van der Waals surface area contributed by atoms with E-state index in [-0.39, 0.29) is 0 Å². The number of hydrogen-bond acceptors (Lipinski definition) is 1. The molecule has 13 heavy (non-hydrogen) atoms. The summed E-state index contributed by atoms with van der Waals surface area (Å²) in [6.45, 7) is 7.22. The van der Waals surface area contributed by atoms with Gasteiger partial charge in [0.1, 0.15) is 5.75 Å². The molecule has 3 heteroatoms. The Balaban J connectivity index is 2.80. The minimum atomic E-state index is 0.533. The van der Waals surface area contributed by atoms with E-state index >= 15 is 0 Å². The van der Waals surface area contributed by atoms with Crippen molar-refractivity contribution in [3.05, 3.63) is 39.7 Å². The molecular weight excluding hydrogens is 230 g/mol. The summed E-state index contributed by atoms with van der Waals surface area (Å²) in [7, 11) is 1.64. The first-order valence-corrected chi connectivity index (χ1v) is 4.73. The zero-order chi connectivity index (χ0) is 9.68. The molecule has 68 valence electrons. The van der Waals surface area contributed by atoms with Gasteiger partial charge in [-0.25, -0.2) is 6.57 Å². The monoisotopic (exact) mass is 239 g/mol. The molecule has 0 aromatic heterocycles. The SMILES string of the molecule is [C-]#[N+]CCc1ccc(OC)cc1Br. The maximum Gasteiger partial charge on any atom is 0.218 e. The van der Waals surface area contributed by atoms with Crippen molar-refractivity contribution < 1.29 is 4.74 Å². The standard InChI is InChI=1S/C10H10BrNO/c1-12-6-5-8-3-4-9(13-2)7-10(8)11/h3-4,7H,5-6H2,2H3. The third-order valence-electron chi connectivity index (χ3n) is 1.75. The van der Waals surface area contributed by atoms with Gasteiger partial charge in [-0.3, -0.25) is 0 Å². The summed E-state index contributed by atoms with van der Waals surface area (Å²) in [5, 5.41) is 0. The molecule has 0 aliphatic rings. The van der Waals surface area contributed by atoms with Gasteiger partial charge in [0.25, 0.3) is 0 Å². The molecule has 0 saturated carbocycles. The summed E-state index contributed by atoms with van der Waals surface area (Å²) in [5.74, 6) is 0.832. The highest BCUT2D eigenvalue weighted by Gasteiger charge is 2.02. The summed E-state index contributed by atoms with van der Waals surface area (Å²) in [6.07, 6.45) is 0.786. The Hall–Kier alpha value is -1.01. The summed E-state index contributed by atoms with van der Waals surface area (Å²) in [4.78, 5) is 3.31. The lowest BCUT2D eigenvalue weighted by Gasteiger charge is -2.03. The van der Waals surface area contributed by atoms with Crippen LogP contribution in [0.25, 0.3) is 4.85 Å². The highest BCUT2D eigenvalue weighted by Crippen LogP contribution is 2.23. The lowest BCUT2D eigenvalue weighted by atomic mass is 10.1. The van der Waals surface area contributed by atoms with Gasteiger partial charge in [-0.05, 0) is 17.7 Å². The smallest absolute Gasteiger partial charge is 0.218 e. The summed E-state index contributed by atoms with van der Waals surface area (Å²) >= 11 is 3.44. The number of benzene rings is 1. The second-order valence-corrected chi connectivity index (χ2v) is 3.44. The van der Waals surface area contributed by atoms with Crippen LogP contribution in [0, 0.1) is 6.57 Å². The van der Waals surface area contributed by atoms with Crippen molar-refractivity contribution in [3.63, 3.8) is 0 Å². The normalized spacial score (nSPS) is 9.31. The molecule has 0 heterocycles. The first kappa shape index (κ1) is 10.1.